The minimum absolute atomic E-state index is 0.380. The smallest absolute Gasteiger partial charge is 0.430 e. The monoisotopic (exact) mass is 488 g/mol. The van der Waals surface area contributed by atoms with Crippen LogP contribution in [0.3, 0.4) is 0 Å². The largest absolute Gasteiger partial charge is 0.542 e. The van der Waals surface area contributed by atoms with Gasteiger partial charge in [-0.1, -0.05) is 54.6 Å². The maximum atomic E-state index is 13.3. The molecule has 3 nitrogen and oxygen atoms in total. The Labute approximate surface area is 186 Å². The fourth-order valence-corrected chi connectivity index (χ4v) is 7.47. The van der Waals surface area contributed by atoms with Crippen molar-refractivity contribution in [2.24, 2.45) is 0 Å². The Hall–Kier alpha value is -2.90. The second kappa shape index (κ2) is 10.8. The molecular weight excluding hydrogens is 469 g/mol. The fraction of sp³-hybridized carbons (Fsp3) is 0.174. The predicted octanol–water partition coefficient (Wildman–Crippen LogP) is 3.20. The minimum Gasteiger partial charge on any atom is -0.542 e. The molecule has 0 fully saturated rings. The van der Waals surface area contributed by atoms with Crippen molar-refractivity contribution in [2.75, 3.05) is 6.16 Å². The number of carbonyl (C=O) groups is 1. The molecule has 176 valence electrons. The number of alkyl halides is 6. The van der Waals surface area contributed by atoms with Crippen LogP contribution in [0.4, 0.5) is 26.3 Å². The highest BCUT2D eigenvalue weighted by Crippen LogP contribution is 2.56. The van der Waals surface area contributed by atoms with Gasteiger partial charge in [-0.25, -0.2) is 0 Å². The summed E-state index contributed by atoms with van der Waals surface area (Å²) in [5.41, 5.74) is 0. The molecule has 10 heteroatoms. The maximum absolute atomic E-state index is 13.3. The van der Waals surface area contributed by atoms with Crippen molar-refractivity contribution in [3.63, 3.8) is 0 Å². The van der Waals surface area contributed by atoms with E-state index in [-0.39, 0.29) is 6.16 Å². The molecule has 33 heavy (non-hydrogen) atoms. The van der Waals surface area contributed by atoms with Crippen LogP contribution in [0.1, 0.15) is 0 Å². The van der Waals surface area contributed by atoms with E-state index in [1.807, 2.05) is 91.0 Å². The van der Waals surface area contributed by atoms with E-state index in [9.17, 15) is 31.4 Å². The molecule has 3 rings (SSSR count). The normalized spacial score (nSPS) is 12.9. The van der Waals surface area contributed by atoms with Crippen molar-refractivity contribution in [1.29, 1.82) is 0 Å². The van der Waals surface area contributed by atoms with Gasteiger partial charge in [0.2, 0.25) is 0 Å². The molecule has 1 N–H and O–H groups in total. The quantitative estimate of drug-likeness (QED) is 0.444. The van der Waals surface area contributed by atoms with Crippen molar-refractivity contribution in [1.82, 2.24) is 0 Å². The molecule has 0 bridgehead atoms. The van der Waals surface area contributed by atoms with Crippen LogP contribution in [0.5, 0.6) is 0 Å². The number of carboxylic acids is 1. The topological polar surface area (TPSA) is 60.4 Å². The Bertz CT molecular complexity index is 912. The van der Waals surface area contributed by atoms with Gasteiger partial charge < -0.3 is 15.0 Å². The number of benzene rings is 3. The highest BCUT2D eigenvalue weighted by atomic mass is 31.2. The van der Waals surface area contributed by atoms with E-state index in [2.05, 4.69) is 0 Å². The highest BCUT2D eigenvalue weighted by Gasteiger charge is 2.52. The number of halogens is 6. The van der Waals surface area contributed by atoms with Gasteiger partial charge >= 0.3 is 12.4 Å². The molecule has 0 radical (unpaired) electrons. The molecule has 0 aliphatic heterocycles. The molecule has 0 aromatic heterocycles. The zero-order valence-corrected chi connectivity index (χ0v) is 17.8. The molecule has 0 aliphatic rings. The van der Waals surface area contributed by atoms with Crippen molar-refractivity contribution < 1.29 is 41.4 Å². The van der Waals surface area contributed by atoms with Crippen LogP contribution < -0.4 is 21.0 Å². The summed E-state index contributed by atoms with van der Waals surface area (Å²) in [5, 5.41) is 21.3. The van der Waals surface area contributed by atoms with Crippen LogP contribution in [0, 0.1) is 0 Å². The Morgan fingerprint density at radius 1 is 0.727 bits per heavy atom. The Balaban J connectivity index is 0.000000479. The van der Waals surface area contributed by atoms with E-state index in [1.165, 1.54) is 0 Å². The average molecular weight is 488 g/mol. The average Bonchev–Trinajstić information content (AvgIpc) is 2.78. The van der Waals surface area contributed by atoms with Crippen molar-refractivity contribution in [3.05, 3.63) is 91.0 Å². The van der Waals surface area contributed by atoms with Crippen LogP contribution >= 0.6 is 7.26 Å². The Morgan fingerprint density at radius 2 is 1.00 bits per heavy atom. The van der Waals surface area contributed by atoms with Gasteiger partial charge in [-0.15, -0.1) is 0 Å². The lowest BCUT2D eigenvalue weighted by Crippen LogP contribution is -2.42. The first-order valence-electron chi connectivity index (χ1n) is 9.47. The lowest BCUT2D eigenvalue weighted by Gasteiger charge is -2.30. The number of rotatable bonds is 5. The van der Waals surface area contributed by atoms with E-state index in [4.69, 9.17) is 9.90 Å². The molecule has 3 aromatic carbocycles. The van der Waals surface area contributed by atoms with Gasteiger partial charge in [0.15, 0.2) is 6.10 Å². The van der Waals surface area contributed by atoms with Crippen LogP contribution in [-0.2, 0) is 4.79 Å². The fourth-order valence-electron chi connectivity index (χ4n) is 3.17. The van der Waals surface area contributed by atoms with E-state index < -0.39 is 31.7 Å². The Kier molecular flexibility index (Phi) is 8.63. The molecule has 0 aliphatic carbocycles. The third-order valence-corrected chi connectivity index (χ3v) is 9.08. The van der Waals surface area contributed by atoms with Crippen molar-refractivity contribution in [3.8, 4) is 0 Å². The van der Waals surface area contributed by atoms with Gasteiger partial charge in [-0.05, 0) is 36.4 Å². The molecule has 0 amide bonds. The van der Waals surface area contributed by atoms with Gasteiger partial charge in [0, 0.05) is 0 Å². The van der Waals surface area contributed by atoms with E-state index >= 15 is 0 Å². The third-order valence-electron chi connectivity index (χ3n) is 4.65. The lowest BCUT2D eigenvalue weighted by molar-refractivity contribution is -0.344. The highest BCUT2D eigenvalue weighted by molar-refractivity contribution is 7.95. The summed E-state index contributed by atoms with van der Waals surface area (Å²) in [6, 6.07) is 27.6. The number of hydrogen-bond acceptors (Lipinski definition) is 3. The number of carbonyl (C=O) groups excluding carboxylic acids is 1. The zero-order valence-electron chi connectivity index (χ0n) is 16.9. The van der Waals surface area contributed by atoms with Crippen LogP contribution in [0.25, 0.3) is 0 Å². The molecule has 0 heterocycles. The summed E-state index contributed by atoms with van der Waals surface area (Å²) >= 11 is 0. The molecular formula is C23H19F6O3P. The summed E-state index contributed by atoms with van der Waals surface area (Å²) in [7, 11) is -2.68. The summed E-state index contributed by atoms with van der Waals surface area (Å²) in [4.78, 5) is 8.78. The van der Waals surface area contributed by atoms with Gasteiger partial charge in [-0.3, -0.25) is 0 Å². The molecule has 1 unspecified atom stereocenters. The SMILES string of the molecule is O=C([O-])C(F)(F)F.OC(C[P+](c1ccccc1)(c1ccccc1)c1ccccc1)C(F)(F)F. The van der Waals surface area contributed by atoms with Crippen molar-refractivity contribution >= 4 is 29.1 Å². The number of carboxylic acid groups (broad SMARTS) is 1. The lowest BCUT2D eigenvalue weighted by atomic mass is 10.3. The second-order valence-electron chi connectivity index (χ2n) is 6.84. The molecule has 3 aromatic rings. The first-order chi connectivity index (χ1) is 15.4. The number of aliphatic hydroxyl groups excluding tert-OH is 1. The standard InChI is InChI=1S/C21H19F3OP.C2HF3O2/c22-21(23,24)20(25)16-26(17-10-4-1-5-11-17,18-12-6-2-7-13-18)19-14-8-3-9-15-19;3-2(4,5)1(6)7/h1-15,20,25H,16H2;(H,6,7)/q+1;/p-1. The molecule has 0 saturated heterocycles. The van der Waals surface area contributed by atoms with Crippen molar-refractivity contribution in [2.45, 2.75) is 18.5 Å². The summed E-state index contributed by atoms with van der Waals surface area (Å²) < 4.78 is 71.4. The number of aliphatic carboxylic acids is 1. The molecule has 0 spiro atoms. The predicted molar refractivity (Wildman–Crippen MR) is 113 cm³/mol. The zero-order chi connectivity index (χ0) is 24.7. The van der Waals surface area contributed by atoms with Gasteiger partial charge in [-0.2, -0.15) is 26.3 Å². The molecule has 1 atom stereocenters. The second-order valence-corrected chi connectivity index (χ2v) is 10.4. The maximum Gasteiger partial charge on any atom is 0.430 e. The van der Waals surface area contributed by atoms with E-state index in [0.717, 1.165) is 15.9 Å². The van der Waals surface area contributed by atoms with E-state index in [0.29, 0.717) is 0 Å². The summed E-state index contributed by atoms with van der Waals surface area (Å²) in [6.45, 7) is 0. The summed E-state index contributed by atoms with van der Waals surface area (Å²) in [5.74, 6) is -3.01. The third kappa shape index (κ3) is 6.79. The summed E-state index contributed by atoms with van der Waals surface area (Å²) in [6.07, 6.45) is -12.6. The minimum atomic E-state index is -5.19. The van der Waals surface area contributed by atoms with Crippen LogP contribution in [0.15, 0.2) is 91.0 Å². The number of hydrogen-bond donors (Lipinski definition) is 1. The first kappa shape index (κ1) is 26.4. The molecule has 0 saturated carbocycles. The number of aliphatic hydroxyl groups is 1. The Morgan fingerprint density at radius 3 is 1.21 bits per heavy atom. The van der Waals surface area contributed by atoms with Gasteiger partial charge in [0.05, 0.1) is 0 Å². The van der Waals surface area contributed by atoms with Crippen LogP contribution in [-0.4, -0.2) is 35.7 Å². The van der Waals surface area contributed by atoms with Gasteiger partial charge in [0.25, 0.3) is 0 Å². The van der Waals surface area contributed by atoms with E-state index in [1.54, 1.807) is 0 Å². The van der Waals surface area contributed by atoms with Gasteiger partial charge in [0.1, 0.15) is 35.3 Å². The first-order valence-corrected chi connectivity index (χ1v) is 11.4. The van der Waals surface area contributed by atoms with Crippen LogP contribution in [0.2, 0.25) is 0 Å².